The number of nitrogens with one attached hydrogen (secondary N) is 2. The quantitative estimate of drug-likeness (QED) is 0.673. The number of ketones is 1. The SMILES string of the molecule is CC(C)COC(=O)N[C@@H]1CCN(C2NC(=C3CCC=CC3=O)N=C3C=CC(F)=CC32)C1. The van der Waals surface area contributed by atoms with E-state index in [0.29, 0.717) is 31.0 Å². The van der Waals surface area contributed by atoms with Gasteiger partial charge in [0.1, 0.15) is 11.6 Å². The van der Waals surface area contributed by atoms with Gasteiger partial charge in [-0.1, -0.05) is 19.9 Å². The molecular weight excluding hydrogens is 399 g/mol. The van der Waals surface area contributed by atoms with Crippen LogP contribution in [0.3, 0.4) is 0 Å². The zero-order valence-electron chi connectivity index (χ0n) is 17.9. The van der Waals surface area contributed by atoms with Crippen LogP contribution in [-0.2, 0) is 9.53 Å². The second kappa shape index (κ2) is 9.18. The standard InChI is InChI=1S/C23H29FN4O3/c1-14(2)13-31-23(30)25-16-9-10-28(12-16)22-18-11-15(24)7-8-19(18)26-21(27-22)17-5-3-4-6-20(17)29/h4,6-8,11,14,16,18,22,27H,3,5,9-10,12-13H2,1-2H3,(H,25,30)/t16-,18?,22?/m1/s1. The van der Waals surface area contributed by atoms with Crippen LogP contribution >= 0.6 is 0 Å². The highest BCUT2D eigenvalue weighted by atomic mass is 19.1. The minimum atomic E-state index is -0.409. The lowest BCUT2D eigenvalue weighted by Gasteiger charge is -2.39. The summed E-state index contributed by atoms with van der Waals surface area (Å²) in [5.74, 6) is 0.245. The van der Waals surface area contributed by atoms with E-state index in [-0.39, 0.29) is 35.7 Å². The van der Waals surface area contributed by atoms with Gasteiger partial charge in [0.05, 0.1) is 24.4 Å². The number of alkyl carbamates (subject to hydrolysis) is 1. The Kier molecular flexibility index (Phi) is 6.36. The first-order chi connectivity index (χ1) is 14.9. The maximum atomic E-state index is 14.1. The Bertz CT molecular complexity index is 902. The number of nitrogens with zero attached hydrogens (tertiary/aromatic N) is 2. The van der Waals surface area contributed by atoms with Crippen molar-refractivity contribution < 1.29 is 18.7 Å². The van der Waals surface area contributed by atoms with Crippen LogP contribution in [0.5, 0.6) is 0 Å². The average Bonchev–Trinajstić information content (AvgIpc) is 3.20. The molecule has 0 spiro atoms. The first-order valence-corrected chi connectivity index (χ1v) is 10.9. The van der Waals surface area contributed by atoms with Gasteiger partial charge >= 0.3 is 6.09 Å². The summed E-state index contributed by atoms with van der Waals surface area (Å²) < 4.78 is 19.3. The van der Waals surface area contributed by atoms with E-state index in [1.807, 2.05) is 19.9 Å². The Labute approximate surface area is 181 Å². The fourth-order valence-electron chi connectivity index (χ4n) is 4.30. The van der Waals surface area contributed by atoms with E-state index in [0.717, 1.165) is 25.1 Å². The van der Waals surface area contributed by atoms with Gasteiger partial charge in [-0.05, 0) is 49.5 Å². The summed E-state index contributed by atoms with van der Waals surface area (Å²) >= 11 is 0. The van der Waals surface area contributed by atoms with Crippen LogP contribution in [0, 0.1) is 11.8 Å². The second-order valence-electron chi connectivity index (χ2n) is 8.79. The summed E-state index contributed by atoms with van der Waals surface area (Å²) in [4.78, 5) is 31.3. The molecule has 0 aromatic carbocycles. The molecule has 31 heavy (non-hydrogen) atoms. The summed E-state index contributed by atoms with van der Waals surface area (Å²) in [6.07, 6.45) is 9.65. The average molecular weight is 429 g/mol. The third-order valence-electron chi connectivity index (χ3n) is 5.86. The van der Waals surface area contributed by atoms with Crippen LogP contribution in [0.1, 0.15) is 33.1 Å². The molecule has 0 saturated carbocycles. The van der Waals surface area contributed by atoms with Gasteiger partial charge < -0.3 is 15.4 Å². The van der Waals surface area contributed by atoms with Crippen LogP contribution in [0.2, 0.25) is 0 Å². The van der Waals surface area contributed by atoms with Crippen LogP contribution in [0.25, 0.3) is 0 Å². The van der Waals surface area contributed by atoms with Crippen LogP contribution in [0.15, 0.2) is 52.6 Å². The number of carbonyl (C=O) groups is 2. The molecule has 0 radical (unpaired) electrons. The molecule has 1 fully saturated rings. The molecule has 2 aliphatic carbocycles. The molecule has 4 rings (SSSR count). The summed E-state index contributed by atoms with van der Waals surface area (Å²) in [5, 5.41) is 6.33. The number of fused-ring (bicyclic) bond motifs is 1. The first-order valence-electron chi connectivity index (χ1n) is 10.9. The lowest BCUT2D eigenvalue weighted by Crippen LogP contribution is -2.54. The Balaban J connectivity index is 1.51. The van der Waals surface area contributed by atoms with Crippen molar-refractivity contribution in [2.75, 3.05) is 19.7 Å². The minimum Gasteiger partial charge on any atom is -0.449 e. The maximum absolute atomic E-state index is 14.1. The van der Waals surface area contributed by atoms with Crippen molar-refractivity contribution in [3.63, 3.8) is 0 Å². The molecule has 2 unspecified atom stereocenters. The summed E-state index contributed by atoms with van der Waals surface area (Å²) in [6, 6.07) is -0.0490. The highest BCUT2D eigenvalue weighted by molar-refractivity contribution is 6.06. The van der Waals surface area contributed by atoms with Crippen LogP contribution in [-0.4, -0.2) is 54.4 Å². The number of rotatable bonds is 4. The van der Waals surface area contributed by atoms with Crippen molar-refractivity contribution >= 4 is 17.6 Å². The smallest absolute Gasteiger partial charge is 0.407 e. The molecule has 166 valence electrons. The van der Waals surface area contributed by atoms with Gasteiger partial charge in [0.2, 0.25) is 0 Å². The minimum absolute atomic E-state index is 0.0364. The van der Waals surface area contributed by atoms with E-state index < -0.39 is 6.09 Å². The van der Waals surface area contributed by atoms with Crippen LogP contribution in [0.4, 0.5) is 9.18 Å². The fraction of sp³-hybridized carbons (Fsp3) is 0.522. The summed E-state index contributed by atoms with van der Waals surface area (Å²) in [6.45, 7) is 5.69. The summed E-state index contributed by atoms with van der Waals surface area (Å²) in [5.41, 5.74) is 1.40. The Hall–Kier alpha value is -2.74. The van der Waals surface area contributed by atoms with E-state index in [2.05, 4.69) is 20.5 Å². The fourth-order valence-corrected chi connectivity index (χ4v) is 4.30. The highest BCUT2D eigenvalue weighted by Gasteiger charge is 2.39. The lowest BCUT2D eigenvalue weighted by molar-refractivity contribution is -0.111. The number of carbonyl (C=O) groups excluding carboxylic acids is 2. The zero-order chi connectivity index (χ0) is 22.0. The highest BCUT2D eigenvalue weighted by Crippen LogP contribution is 2.30. The lowest BCUT2D eigenvalue weighted by atomic mass is 9.91. The Morgan fingerprint density at radius 3 is 3.00 bits per heavy atom. The number of allylic oxidation sites excluding steroid dienone is 6. The molecule has 8 heteroatoms. The monoisotopic (exact) mass is 428 g/mol. The number of amides is 1. The Morgan fingerprint density at radius 1 is 1.39 bits per heavy atom. The van der Waals surface area contributed by atoms with Gasteiger partial charge in [-0.15, -0.1) is 0 Å². The molecule has 0 bridgehead atoms. The molecule has 2 aliphatic heterocycles. The van der Waals surface area contributed by atoms with E-state index in [1.54, 1.807) is 18.2 Å². The third kappa shape index (κ3) is 4.95. The van der Waals surface area contributed by atoms with Gasteiger partial charge in [0.25, 0.3) is 0 Å². The number of hydrogen-bond acceptors (Lipinski definition) is 6. The molecule has 3 atom stereocenters. The third-order valence-corrected chi connectivity index (χ3v) is 5.86. The molecule has 0 aromatic heterocycles. The molecule has 1 amide bonds. The molecule has 2 N–H and O–H groups in total. The molecule has 1 saturated heterocycles. The van der Waals surface area contributed by atoms with Gasteiger partial charge in [-0.25, -0.2) is 14.2 Å². The second-order valence-corrected chi connectivity index (χ2v) is 8.79. The number of ether oxygens (including phenoxy) is 1. The van der Waals surface area contributed by atoms with E-state index in [4.69, 9.17) is 4.74 Å². The molecule has 7 nitrogen and oxygen atoms in total. The van der Waals surface area contributed by atoms with Gasteiger partial charge in [-0.2, -0.15) is 0 Å². The molecule has 2 heterocycles. The van der Waals surface area contributed by atoms with E-state index in [1.165, 1.54) is 6.08 Å². The van der Waals surface area contributed by atoms with Crippen molar-refractivity contribution in [2.24, 2.45) is 16.8 Å². The summed E-state index contributed by atoms with van der Waals surface area (Å²) in [7, 11) is 0. The van der Waals surface area contributed by atoms with Crippen LogP contribution < -0.4 is 10.6 Å². The van der Waals surface area contributed by atoms with E-state index in [9.17, 15) is 14.0 Å². The normalized spacial score (nSPS) is 30.6. The number of hydrogen-bond donors (Lipinski definition) is 2. The predicted molar refractivity (Wildman–Crippen MR) is 116 cm³/mol. The number of halogens is 1. The largest absolute Gasteiger partial charge is 0.449 e. The number of likely N-dealkylation sites (tertiary alicyclic amines) is 1. The van der Waals surface area contributed by atoms with Crippen molar-refractivity contribution in [3.8, 4) is 0 Å². The van der Waals surface area contributed by atoms with Crippen molar-refractivity contribution in [3.05, 3.63) is 47.6 Å². The van der Waals surface area contributed by atoms with Crippen molar-refractivity contribution in [1.82, 2.24) is 15.5 Å². The van der Waals surface area contributed by atoms with Gasteiger partial charge in [0.15, 0.2) is 5.78 Å². The molecule has 0 aromatic rings. The number of aliphatic imine (C=N–C) groups is 1. The molecule has 4 aliphatic rings. The zero-order valence-corrected chi connectivity index (χ0v) is 17.9. The topological polar surface area (TPSA) is 83.0 Å². The molecular formula is C23H29FN4O3. The van der Waals surface area contributed by atoms with E-state index >= 15 is 0 Å². The first kappa shape index (κ1) is 21.5. The maximum Gasteiger partial charge on any atom is 0.407 e. The van der Waals surface area contributed by atoms with Crippen molar-refractivity contribution in [1.29, 1.82) is 0 Å². The van der Waals surface area contributed by atoms with Crippen molar-refractivity contribution in [2.45, 2.75) is 45.3 Å². The van der Waals surface area contributed by atoms with Gasteiger partial charge in [-0.3, -0.25) is 9.69 Å². The Morgan fingerprint density at radius 2 is 2.23 bits per heavy atom. The predicted octanol–water partition coefficient (Wildman–Crippen LogP) is 2.98. The van der Waals surface area contributed by atoms with Gasteiger partial charge in [0, 0.05) is 24.7 Å².